The van der Waals surface area contributed by atoms with Crippen molar-refractivity contribution in [2.75, 3.05) is 26.2 Å². The van der Waals surface area contributed by atoms with Crippen molar-refractivity contribution in [3.8, 4) is 0 Å². The molecule has 1 amide bonds. The lowest BCUT2D eigenvalue weighted by Gasteiger charge is -2.40. The summed E-state index contributed by atoms with van der Waals surface area (Å²) in [6.45, 7) is 3.95. The fraction of sp³-hybridized carbons (Fsp3) is 0.538. The zero-order valence-corrected chi connectivity index (χ0v) is 18.1. The number of likely N-dealkylation sites (tertiary alicyclic amines) is 2. The Kier molecular flexibility index (Phi) is 6.04. The molecule has 1 aromatic heterocycles. The van der Waals surface area contributed by atoms with Crippen LogP contribution in [0.15, 0.2) is 48.7 Å². The Hall–Kier alpha value is -2.27. The van der Waals surface area contributed by atoms with Crippen LogP contribution in [-0.4, -0.2) is 52.9 Å². The topological polar surface area (TPSA) is 36.4 Å². The quantitative estimate of drug-likeness (QED) is 0.716. The fourth-order valence-corrected chi connectivity index (χ4v) is 6.14. The highest BCUT2D eigenvalue weighted by Gasteiger charge is 2.47. The molecular formula is C26H32FN3O. The summed E-state index contributed by atoms with van der Waals surface area (Å²) >= 11 is 0. The number of amides is 1. The van der Waals surface area contributed by atoms with E-state index in [0.717, 1.165) is 31.0 Å². The van der Waals surface area contributed by atoms with Crippen LogP contribution in [0.3, 0.4) is 0 Å². The third kappa shape index (κ3) is 4.38. The van der Waals surface area contributed by atoms with Crippen LogP contribution >= 0.6 is 0 Å². The highest BCUT2D eigenvalue weighted by Crippen LogP contribution is 2.42. The monoisotopic (exact) mass is 421 g/mol. The molecule has 5 rings (SSSR count). The van der Waals surface area contributed by atoms with Crippen molar-refractivity contribution in [2.45, 2.75) is 50.5 Å². The Morgan fingerprint density at radius 3 is 2.55 bits per heavy atom. The average Bonchev–Trinajstić information content (AvgIpc) is 3.19. The number of halogens is 1. The molecule has 3 heterocycles. The summed E-state index contributed by atoms with van der Waals surface area (Å²) in [5.41, 5.74) is 1.66. The van der Waals surface area contributed by atoms with E-state index in [4.69, 9.17) is 0 Å². The molecule has 1 aromatic carbocycles. The van der Waals surface area contributed by atoms with Crippen LogP contribution < -0.4 is 0 Å². The highest BCUT2D eigenvalue weighted by atomic mass is 19.1. The zero-order chi connectivity index (χ0) is 21.2. The van der Waals surface area contributed by atoms with Crippen molar-refractivity contribution < 1.29 is 9.18 Å². The number of rotatable bonds is 4. The second-order valence-electron chi connectivity index (χ2n) is 9.61. The van der Waals surface area contributed by atoms with Gasteiger partial charge in [-0.25, -0.2) is 4.39 Å². The molecule has 2 aromatic rings. The number of fused-ring (bicyclic) bond motifs is 1. The molecule has 3 fully saturated rings. The number of carbonyl (C=O) groups excluding carboxylic acids is 1. The van der Waals surface area contributed by atoms with Crippen LogP contribution in [0.5, 0.6) is 0 Å². The first-order valence-electron chi connectivity index (χ1n) is 11.9. The van der Waals surface area contributed by atoms with E-state index in [1.807, 2.05) is 24.3 Å². The molecule has 0 bridgehead atoms. The molecule has 0 spiro atoms. The average molecular weight is 422 g/mol. The van der Waals surface area contributed by atoms with E-state index in [-0.39, 0.29) is 23.7 Å². The molecule has 3 aliphatic rings. The van der Waals surface area contributed by atoms with Crippen molar-refractivity contribution >= 4 is 5.91 Å². The van der Waals surface area contributed by atoms with Gasteiger partial charge >= 0.3 is 0 Å². The van der Waals surface area contributed by atoms with E-state index >= 15 is 0 Å². The lowest BCUT2D eigenvalue weighted by atomic mass is 9.81. The minimum Gasteiger partial charge on any atom is -0.333 e. The van der Waals surface area contributed by atoms with E-state index in [1.165, 1.54) is 38.6 Å². The number of hydrogen-bond donors (Lipinski definition) is 0. The van der Waals surface area contributed by atoms with E-state index in [1.54, 1.807) is 24.4 Å². The second-order valence-corrected chi connectivity index (χ2v) is 9.61. The number of nitrogens with zero attached hydrogens (tertiary/aromatic N) is 3. The predicted molar refractivity (Wildman–Crippen MR) is 119 cm³/mol. The molecule has 2 aliphatic heterocycles. The zero-order valence-electron chi connectivity index (χ0n) is 18.1. The highest BCUT2D eigenvalue weighted by molar-refractivity contribution is 5.92. The summed E-state index contributed by atoms with van der Waals surface area (Å²) in [4.78, 5) is 22.3. The molecule has 31 heavy (non-hydrogen) atoms. The standard InChI is InChI=1S/C26H32FN3O/c27-21-11-9-20(10-12-21)22-18-30(26(31)24-8-4-5-14-28-24)25-13-15-29(17-23(22)25)16-19-6-2-1-3-7-19/h4-5,8-12,14,19,22-23,25H,1-3,6-7,13,15-18H2/t22-,23-,25-/m0/s1. The Balaban J connectivity index is 1.37. The van der Waals surface area contributed by atoms with Crippen LogP contribution in [0.4, 0.5) is 4.39 Å². The first-order chi connectivity index (χ1) is 15.2. The van der Waals surface area contributed by atoms with Crippen LogP contribution in [0.2, 0.25) is 0 Å². The van der Waals surface area contributed by atoms with Gasteiger partial charge in [-0.1, -0.05) is 37.5 Å². The van der Waals surface area contributed by atoms with Crippen LogP contribution in [0.25, 0.3) is 0 Å². The maximum absolute atomic E-state index is 13.6. The number of hydrogen-bond acceptors (Lipinski definition) is 3. The van der Waals surface area contributed by atoms with Crippen molar-refractivity contribution in [3.63, 3.8) is 0 Å². The molecule has 3 atom stereocenters. The third-order valence-corrected chi connectivity index (χ3v) is 7.70. The van der Waals surface area contributed by atoms with Crippen molar-refractivity contribution in [1.29, 1.82) is 0 Å². The molecule has 164 valence electrons. The molecule has 0 N–H and O–H groups in total. The molecule has 0 radical (unpaired) electrons. The third-order valence-electron chi connectivity index (χ3n) is 7.70. The number of benzene rings is 1. The Labute approximate surface area is 184 Å². The molecule has 2 saturated heterocycles. The van der Waals surface area contributed by atoms with Crippen LogP contribution in [-0.2, 0) is 0 Å². The van der Waals surface area contributed by atoms with Gasteiger partial charge in [-0.2, -0.15) is 0 Å². The summed E-state index contributed by atoms with van der Waals surface area (Å²) in [6, 6.07) is 12.7. The van der Waals surface area contributed by atoms with E-state index in [0.29, 0.717) is 18.2 Å². The number of carbonyl (C=O) groups is 1. The second kappa shape index (κ2) is 9.07. The smallest absolute Gasteiger partial charge is 0.272 e. The van der Waals surface area contributed by atoms with Gasteiger partial charge in [-0.15, -0.1) is 0 Å². The van der Waals surface area contributed by atoms with E-state index in [9.17, 15) is 9.18 Å². The molecule has 0 unspecified atom stereocenters. The van der Waals surface area contributed by atoms with E-state index in [2.05, 4.69) is 14.8 Å². The lowest BCUT2D eigenvalue weighted by Crippen LogP contribution is -2.49. The number of aromatic nitrogens is 1. The minimum atomic E-state index is -0.206. The van der Waals surface area contributed by atoms with Crippen LogP contribution in [0.1, 0.15) is 60.5 Å². The first-order valence-corrected chi connectivity index (χ1v) is 11.9. The van der Waals surface area contributed by atoms with Gasteiger partial charge in [0.05, 0.1) is 0 Å². The van der Waals surface area contributed by atoms with Crippen molar-refractivity contribution in [1.82, 2.24) is 14.8 Å². The van der Waals surface area contributed by atoms with Gasteiger partial charge in [-0.05, 0) is 55.0 Å². The summed E-state index contributed by atoms with van der Waals surface area (Å²) in [6.07, 6.45) is 9.54. The minimum absolute atomic E-state index is 0.0287. The predicted octanol–water partition coefficient (Wildman–Crippen LogP) is 4.73. The summed E-state index contributed by atoms with van der Waals surface area (Å²) in [5, 5.41) is 0. The maximum Gasteiger partial charge on any atom is 0.272 e. The SMILES string of the molecule is O=C(c1ccccn1)N1C[C@@H](c2ccc(F)cc2)[C@@H]2CN(CC3CCCCC3)CC[C@@H]21. The van der Waals surface area contributed by atoms with Gasteiger partial charge < -0.3 is 9.80 Å². The van der Waals surface area contributed by atoms with Crippen molar-refractivity contribution in [2.24, 2.45) is 11.8 Å². The van der Waals surface area contributed by atoms with Crippen LogP contribution in [0, 0.1) is 17.7 Å². The number of pyridine rings is 1. The Morgan fingerprint density at radius 2 is 1.81 bits per heavy atom. The van der Waals surface area contributed by atoms with Gasteiger partial charge in [-0.3, -0.25) is 9.78 Å². The van der Waals surface area contributed by atoms with Gasteiger partial charge in [0, 0.05) is 50.3 Å². The molecule has 1 saturated carbocycles. The summed E-state index contributed by atoms with van der Waals surface area (Å²) < 4.78 is 13.6. The molecule has 4 nitrogen and oxygen atoms in total. The molecular weight excluding hydrogens is 389 g/mol. The van der Waals surface area contributed by atoms with E-state index < -0.39 is 0 Å². The lowest BCUT2D eigenvalue weighted by molar-refractivity contribution is 0.0586. The Bertz CT molecular complexity index is 881. The maximum atomic E-state index is 13.6. The molecule has 1 aliphatic carbocycles. The van der Waals surface area contributed by atoms with Gasteiger partial charge in [0.15, 0.2) is 0 Å². The normalized spacial score (nSPS) is 27.3. The van der Waals surface area contributed by atoms with Crippen molar-refractivity contribution in [3.05, 3.63) is 65.7 Å². The molecule has 5 heteroatoms. The first kappa shape index (κ1) is 20.6. The summed E-state index contributed by atoms with van der Waals surface area (Å²) in [5.74, 6) is 1.27. The number of piperidine rings is 1. The Morgan fingerprint density at radius 1 is 1.00 bits per heavy atom. The van der Waals surface area contributed by atoms with Gasteiger partial charge in [0.25, 0.3) is 5.91 Å². The fourth-order valence-electron chi connectivity index (χ4n) is 6.14. The van der Waals surface area contributed by atoms with Gasteiger partial charge in [0.1, 0.15) is 11.5 Å². The van der Waals surface area contributed by atoms with Gasteiger partial charge in [0.2, 0.25) is 0 Å². The largest absolute Gasteiger partial charge is 0.333 e. The summed E-state index contributed by atoms with van der Waals surface area (Å²) in [7, 11) is 0.